The summed E-state index contributed by atoms with van der Waals surface area (Å²) in [6.07, 6.45) is 6.01. The molecule has 3 heterocycles. The number of nitrogens with one attached hydrogen (secondary N) is 2. The van der Waals surface area contributed by atoms with Gasteiger partial charge in [0.15, 0.2) is 11.7 Å². The Labute approximate surface area is 122 Å². The largest absolute Gasteiger partial charge is 0.368 e. The molecule has 0 aliphatic carbocycles. The molecule has 2 aromatic heterocycles. The highest BCUT2D eigenvalue weighted by molar-refractivity contribution is 6.18. The second-order valence-electron chi connectivity index (χ2n) is 4.57. The Hall–Kier alpha value is -2.08. The minimum absolute atomic E-state index is 0.221. The van der Waals surface area contributed by atoms with Gasteiger partial charge in [0.1, 0.15) is 5.82 Å². The number of aromatic nitrogens is 3. The highest BCUT2D eigenvalue weighted by atomic mass is 35.5. The van der Waals surface area contributed by atoms with Crippen molar-refractivity contribution in [3.05, 3.63) is 42.1 Å². The number of halogens is 1. The molecule has 0 saturated heterocycles. The number of pyridine rings is 1. The van der Waals surface area contributed by atoms with Crippen LogP contribution in [0.25, 0.3) is 0 Å². The molecular formula is C13H15ClN6. The van der Waals surface area contributed by atoms with Gasteiger partial charge in [0.25, 0.3) is 0 Å². The fourth-order valence-corrected chi connectivity index (χ4v) is 2.47. The van der Waals surface area contributed by atoms with E-state index < -0.39 is 0 Å². The van der Waals surface area contributed by atoms with Crippen LogP contribution in [0.2, 0.25) is 0 Å². The first-order chi connectivity index (χ1) is 9.78. The Morgan fingerprint density at radius 3 is 3.15 bits per heavy atom. The zero-order valence-electron chi connectivity index (χ0n) is 11.0. The van der Waals surface area contributed by atoms with Crippen LogP contribution in [0.5, 0.6) is 0 Å². The van der Waals surface area contributed by atoms with Crippen LogP contribution in [0.4, 0.5) is 5.82 Å². The lowest BCUT2D eigenvalue weighted by molar-refractivity contribution is 0.608. The molecule has 6 nitrogen and oxygen atoms in total. The maximum absolute atomic E-state index is 6.02. The zero-order valence-corrected chi connectivity index (χ0v) is 11.8. The molecule has 7 heteroatoms. The molecular weight excluding hydrogens is 276 g/mol. The summed E-state index contributed by atoms with van der Waals surface area (Å²) >= 11 is 6.02. The molecule has 0 amide bonds. The number of nitrogens with zero attached hydrogens (tertiary/aromatic N) is 4. The van der Waals surface area contributed by atoms with Crippen LogP contribution in [0, 0.1) is 0 Å². The number of hydrogen-bond donors (Lipinski definition) is 2. The molecule has 0 bridgehead atoms. The molecule has 1 aliphatic heterocycles. The van der Waals surface area contributed by atoms with E-state index in [0.717, 1.165) is 18.8 Å². The SMILES string of the molecule is C/N=C(/NC1CNc2ncccc2C1)c1nccn1Cl. The number of amidine groups is 1. The van der Waals surface area contributed by atoms with Gasteiger partial charge in [-0.15, -0.1) is 0 Å². The molecule has 0 aromatic carbocycles. The number of anilines is 1. The van der Waals surface area contributed by atoms with Crippen molar-refractivity contribution < 1.29 is 0 Å². The van der Waals surface area contributed by atoms with Gasteiger partial charge in [-0.2, -0.15) is 0 Å². The van der Waals surface area contributed by atoms with Crippen molar-refractivity contribution in [3.63, 3.8) is 0 Å². The lowest BCUT2D eigenvalue weighted by Gasteiger charge is -2.26. The van der Waals surface area contributed by atoms with Crippen molar-refractivity contribution in [1.29, 1.82) is 0 Å². The molecule has 104 valence electrons. The second-order valence-corrected chi connectivity index (χ2v) is 4.94. The number of imidazole rings is 1. The molecule has 20 heavy (non-hydrogen) atoms. The van der Waals surface area contributed by atoms with E-state index in [0.29, 0.717) is 11.7 Å². The fourth-order valence-electron chi connectivity index (χ4n) is 2.30. The van der Waals surface area contributed by atoms with E-state index >= 15 is 0 Å². The maximum Gasteiger partial charge on any atom is 0.190 e. The van der Waals surface area contributed by atoms with Gasteiger partial charge in [0.2, 0.25) is 0 Å². The summed E-state index contributed by atoms with van der Waals surface area (Å²) in [5.74, 6) is 2.26. The van der Waals surface area contributed by atoms with Gasteiger partial charge in [-0.05, 0) is 18.1 Å². The summed E-state index contributed by atoms with van der Waals surface area (Å²) < 4.78 is 1.43. The number of rotatable bonds is 2. The lowest BCUT2D eigenvalue weighted by Crippen LogP contribution is -2.44. The predicted molar refractivity (Wildman–Crippen MR) is 79.3 cm³/mol. The van der Waals surface area contributed by atoms with Crippen LogP contribution in [0.1, 0.15) is 11.4 Å². The van der Waals surface area contributed by atoms with Gasteiger partial charge < -0.3 is 10.6 Å². The Bertz CT molecular complexity index is 635. The second kappa shape index (κ2) is 5.50. The number of fused-ring (bicyclic) bond motifs is 1. The molecule has 2 aromatic rings. The summed E-state index contributed by atoms with van der Waals surface area (Å²) in [4.78, 5) is 12.7. The minimum Gasteiger partial charge on any atom is -0.368 e. The van der Waals surface area contributed by atoms with E-state index in [1.54, 1.807) is 25.6 Å². The molecule has 0 radical (unpaired) electrons. The molecule has 0 spiro atoms. The predicted octanol–water partition coefficient (Wildman–Crippen LogP) is 1.28. The molecule has 3 rings (SSSR count). The van der Waals surface area contributed by atoms with Crippen molar-refractivity contribution in [2.75, 3.05) is 18.9 Å². The van der Waals surface area contributed by atoms with Crippen molar-refractivity contribution >= 4 is 23.4 Å². The number of aliphatic imine (C=N–C) groups is 1. The van der Waals surface area contributed by atoms with Crippen molar-refractivity contribution in [3.8, 4) is 0 Å². The Morgan fingerprint density at radius 2 is 2.40 bits per heavy atom. The fraction of sp³-hybridized carbons (Fsp3) is 0.308. The average molecular weight is 291 g/mol. The van der Waals surface area contributed by atoms with Gasteiger partial charge in [-0.3, -0.25) is 4.99 Å². The standard InChI is InChI=1S/C13H15ClN6/c1-15-12(13-17-5-6-20(13)14)19-10-7-9-3-2-4-16-11(9)18-8-10/h2-6,10H,7-8H2,1H3,(H,15,19)(H,16,18). The summed E-state index contributed by atoms with van der Waals surface area (Å²) in [6, 6.07) is 4.25. The van der Waals surface area contributed by atoms with E-state index in [1.807, 2.05) is 6.07 Å². The highest BCUT2D eigenvalue weighted by Gasteiger charge is 2.21. The number of hydrogen-bond acceptors (Lipinski definition) is 4. The van der Waals surface area contributed by atoms with Gasteiger partial charge in [0, 0.05) is 50.0 Å². The van der Waals surface area contributed by atoms with Crippen LogP contribution in [-0.2, 0) is 6.42 Å². The third-order valence-corrected chi connectivity index (χ3v) is 3.52. The normalized spacial score (nSPS) is 18.3. The van der Waals surface area contributed by atoms with Crippen LogP contribution >= 0.6 is 11.8 Å². The highest BCUT2D eigenvalue weighted by Crippen LogP contribution is 2.18. The summed E-state index contributed by atoms with van der Waals surface area (Å²) in [5, 5.41) is 6.69. The molecule has 0 saturated carbocycles. The van der Waals surface area contributed by atoms with Gasteiger partial charge >= 0.3 is 0 Å². The van der Waals surface area contributed by atoms with Gasteiger partial charge in [-0.1, -0.05) is 6.07 Å². The Kier molecular flexibility index (Phi) is 3.56. The summed E-state index contributed by atoms with van der Waals surface area (Å²) in [7, 11) is 1.72. The van der Waals surface area contributed by atoms with Crippen molar-refractivity contribution in [2.45, 2.75) is 12.5 Å². The smallest absolute Gasteiger partial charge is 0.190 e. The van der Waals surface area contributed by atoms with E-state index in [2.05, 4.69) is 31.7 Å². The third kappa shape index (κ3) is 2.46. The van der Waals surface area contributed by atoms with Crippen LogP contribution in [0.15, 0.2) is 35.7 Å². The molecule has 1 atom stereocenters. The first-order valence-electron chi connectivity index (χ1n) is 6.39. The van der Waals surface area contributed by atoms with E-state index in [1.165, 1.54) is 9.65 Å². The first-order valence-corrected chi connectivity index (χ1v) is 6.72. The molecule has 1 unspecified atom stereocenters. The Balaban J connectivity index is 1.75. The molecule has 1 aliphatic rings. The molecule has 0 fully saturated rings. The van der Waals surface area contributed by atoms with Crippen LogP contribution in [-0.4, -0.2) is 39.5 Å². The van der Waals surface area contributed by atoms with E-state index in [4.69, 9.17) is 11.8 Å². The van der Waals surface area contributed by atoms with E-state index in [9.17, 15) is 0 Å². The maximum atomic E-state index is 6.02. The van der Waals surface area contributed by atoms with Crippen molar-refractivity contribution in [1.82, 2.24) is 19.4 Å². The summed E-state index contributed by atoms with van der Waals surface area (Å²) in [5.41, 5.74) is 1.20. The van der Waals surface area contributed by atoms with Crippen LogP contribution in [0.3, 0.4) is 0 Å². The van der Waals surface area contributed by atoms with Gasteiger partial charge in [0.05, 0.1) is 0 Å². The third-order valence-electron chi connectivity index (χ3n) is 3.25. The first kappa shape index (κ1) is 12.9. The van der Waals surface area contributed by atoms with Gasteiger partial charge in [-0.25, -0.2) is 14.1 Å². The quantitative estimate of drug-likeness (QED) is 0.646. The Morgan fingerprint density at radius 1 is 1.50 bits per heavy atom. The topological polar surface area (TPSA) is 67.1 Å². The van der Waals surface area contributed by atoms with Crippen LogP contribution < -0.4 is 10.6 Å². The molecule has 2 N–H and O–H groups in total. The van der Waals surface area contributed by atoms with E-state index in [-0.39, 0.29) is 6.04 Å². The lowest BCUT2D eigenvalue weighted by atomic mass is 10.0. The van der Waals surface area contributed by atoms with Crippen molar-refractivity contribution in [2.24, 2.45) is 4.99 Å². The minimum atomic E-state index is 0.221. The zero-order chi connectivity index (χ0) is 13.9. The monoisotopic (exact) mass is 290 g/mol. The average Bonchev–Trinajstić information content (AvgIpc) is 2.91. The summed E-state index contributed by atoms with van der Waals surface area (Å²) in [6.45, 7) is 0.784.